The van der Waals surface area contributed by atoms with Gasteiger partial charge in [-0.25, -0.2) is 4.79 Å². The Balaban J connectivity index is 1.74. The van der Waals surface area contributed by atoms with Gasteiger partial charge in [-0.15, -0.1) is 0 Å². The van der Waals surface area contributed by atoms with Crippen LogP contribution in [-0.4, -0.2) is 22.5 Å². The van der Waals surface area contributed by atoms with Crippen LogP contribution in [0, 0.1) is 10.1 Å². The molecule has 148 valence electrons. The number of fused-ring (bicyclic) bond motifs is 2. The highest BCUT2D eigenvalue weighted by molar-refractivity contribution is 9.10. The topological polar surface area (TPSA) is 104 Å². The van der Waals surface area contributed by atoms with Crippen molar-refractivity contribution in [1.82, 2.24) is 0 Å². The van der Waals surface area contributed by atoms with Gasteiger partial charge in [-0.05, 0) is 29.8 Å². The first-order chi connectivity index (χ1) is 14.4. The molecule has 0 atom stereocenters. The molecule has 0 aliphatic heterocycles. The number of ketones is 2. The van der Waals surface area contributed by atoms with E-state index in [0.717, 1.165) is 10.5 Å². The lowest BCUT2D eigenvalue weighted by molar-refractivity contribution is -0.385. The number of esters is 1. The van der Waals surface area contributed by atoms with E-state index in [-0.39, 0.29) is 34.4 Å². The molecule has 0 saturated heterocycles. The molecule has 30 heavy (non-hydrogen) atoms. The van der Waals surface area contributed by atoms with Crippen LogP contribution in [0.2, 0.25) is 0 Å². The standard InChI is InChI=1S/C22H12BrNO6/c23-13-7-5-12(6-8-13)11-30-22(27)17-10-9-16-18(19(17)24(28)29)21(26)15-4-2-1-3-14(15)20(16)25/h1-10H,11H2. The van der Waals surface area contributed by atoms with Crippen LogP contribution in [0.15, 0.2) is 65.1 Å². The molecule has 3 aromatic carbocycles. The van der Waals surface area contributed by atoms with Crippen LogP contribution >= 0.6 is 15.9 Å². The predicted octanol–water partition coefficient (Wildman–Crippen LogP) is 4.49. The second kappa shape index (κ2) is 7.64. The quantitative estimate of drug-likeness (QED) is 0.250. The number of hydrogen-bond donors (Lipinski definition) is 0. The van der Waals surface area contributed by atoms with E-state index in [0.29, 0.717) is 5.56 Å². The van der Waals surface area contributed by atoms with Crippen LogP contribution in [0.25, 0.3) is 0 Å². The Labute approximate surface area is 178 Å². The summed E-state index contributed by atoms with van der Waals surface area (Å²) in [6, 6.07) is 15.5. The molecule has 1 aliphatic rings. The van der Waals surface area contributed by atoms with E-state index in [9.17, 15) is 24.5 Å². The number of rotatable bonds is 4. The molecule has 0 unspecified atom stereocenters. The SMILES string of the molecule is O=C1c2ccccc2C(=O)c2c1ccc(C(=O)OCc1ccc(Br)cc1)c2[N+](=O)[O-]. The van der Waals surface area contributed by atoms with Crippen LogP contribution in [0.1, 0.15) is 47.8 Å². The van der Waals surface area contributed by atoms with E-state index in [2.05, 4.69) is 15.9 Å². The summed E-state index contributed by atoms with van der Waals surface area (Å²) in [6.45, 7) is -0.101. The summed E-state index contributed by atoms with van der Waals surface area (Å²) >= 11 is 3.30. The lowest BCUT2D eigenvalue weighted by atomic mass is 9.82. The smallest absolute Gasteiger partial charge is 0.345 e. The minimum Gasteiger partial charge on any atom is -0.457 e. The van der Waals surface area contributed by atoms with Gasteiger partial charge in [0.1, 0.15) is 17.7 Å². The average molecular weight is 466 g/mol. The maximum Gasteiger partial charge on any atom is 0.345 e. The van der Waals surface area contributed by atoms with Crippen LogP contribution in [0.5, 0.6) is 0 Å². The lowest BCUT2D eigenvalue weighted by Crippen LogP contribution is -2.23. The van der Waals surface area contributed by atoms with E-state index in [1.165, 1.54) is 18.2 Å². The molecule has 8 heteroatoms. The fourth-order valence-electron chi connectivity index (χ4n) is 3.33. The number of hydrogen-bond acceptors (Lipinski definition) is 6. The number of carbonyl (C=O) groups is 3. The average Bonchev–Trinajstić information content (AvgIpc) is 2.75. The third-order valence-electron chi connectivity index (χ3n) is 4.75. The largest absolute Gasteiger partial charge is 0.457 e. The van der Waals surface area contributed by atoms with Gasteiger partial charge in [-0.2, -0.15) is 0 Å². The molecule has 0 amide bonds. The van der Waals surface area contributed by atoms with Gasteiger partial charge in [0.05, 0.1) is 4.92 Å². The Morgan fingerprint density at radius 1 is 0.900 bits per heavy atom. The normalized spacial score (nSPS) is 12.2. The Bertz CT molecular complexity index is 1230. The molecule has 7 nitrogen and oxygen atoms in total. The second-order valence-corrected chi connectivity index (χ2v) is 7.46. The highest BCUT2D eigenvalue weighted by Gasteiger charge is 2.38. The van der Waals surface area contributed by atoms with Crippen molar-refractivity contribution in [1.29, 1.82) is 0 Å². The van der Waals surface area contributed by atoms with Crippen molar-refractivity contribution in [2.75, 3.05) is 0 Å². The molecular formula is C22H12BrNO6. The molecule has 0 fully saturated rings. The van der Waals surface area contributed by atoms with Crippen molar-refractivity contribution >= 4 is 39.2 Å². The third kappa shape index (κ3) is 3.31. The van der Waals surface area contributed by atoms with Crippen molar-refractivity contribution in [3.05, 3.63) is 109 Å². The fraction of sp³-hybridized carbons (Fsp3) is 0.0455. The van der Waals surface area contributed by atoms with Gasteiger partial charge in [0.2, 0.25) is 5.78 Å². The van der Waals surface area contributed by atoms with Crippen LogP contribution in [0.4, 0.5) is 5.69 Å². The molecule has 4 rings (SSSR count). The molecule has 0 spiro atoms. The summed E-state index contributed by atoms with van der Waals surface area (Å²) in [5.41, 5.74) is -0.658. The van der Waals surface area contributed by atoms with Gasteiger partial charge in [0.15, 0.2) is 5.78 Å². The van der Waals surface area contributed by atoms with Gasteiger partial charge < -0.3 is 4.74 Å². The Kier molecular flexibility index (Phi) is 5.01. The number of carbonyl (C=O) groups excluding carboxylic acids is 3. The molecule has 0 radical (unpaired) electrons. The van der Waals surface area contributed by atoms with Crippen molar-refractivity contribution in [3.63, 3.8) is 0 Å². The summed E-state index contributed by atoms with van der Waals surface area (Å²) in [6.07, 6.45) is 0. The molecule has 0 aromatic heterocycles. The van der Waals surface area contributed by atoms with Crippen molar-refractivity contribution in [2.24, 2.45) is 0 Å². The first kappa shape index (κ1) is 19.7. The monoisotopic (exact) mass is 465 g/mol. The van der Waals surface area contributed by atoms with Crippen molar-refractivity contribution in [3.8, 4) is 0 Å². The van der Waals surface area contributed by atoms with Gasteiger partial charge in [0, 0.05) is 21.2 Å². The highest BCUT2D eigenvalue weighted by atomic mass is 79.9. The minimum atomic E-state index is -0.952. The van der Waals surface area contributed by atoms with Gasteiger partial charge in [-0.3, -0.25) is 19.7 Å². The summed E-state index contributed by atoms with van der Waals surface area (Å²) in [7, 11) is 0. The first-order valence-electron chi connectivity index (χ1n) is 8.80. The molecule has 0 N–H and O–H groups in total. The molecule has 3 aromatic rings. The summed E-state index contributed by atoms with van der Waals surface area (Å²) in [4.78, 5) is 49.3. The Morgan fingerprint density at radius 2 is 1.53 bits per heavy atom. The third-order valence-corrected chi connectivity index (χ3v) is 5.28. The van der Waals surface area contributed by atoms with E-state index in [1.54, 1.807) is 36.4 Å². The summed E-state index contributed by atoms with van der Waals surface area (Å²) in [5.74, 6) is -2.13. The van der Waals surface area contributed by atoms with E-state index < -0.39 is 28.1 Å². The zero-order chi connectivity index (χ0) is 21.4. The molecule has 1 aliphatic carbocycles. The minimum absolute atomic E-state index is 0.0680. The van der Waals surface area contributed by atoms with Gasteiger partial charge in [-0.1, -0.05) is 52.3 Å². The highest BCUT2D eigenvalue weighted by Crippen LogP contribution is 2.35. The molecule has 0 saturated carbocycles. The number of benzene rings is 3. The van der Waals surface area contributed by atoms with Crippen LogP contribution in [0.3, 0.4) is 0 Å². The maximum absolute atomic E-state index is 13.0. The van der Waals surface area contributed by atoms with E-state index in [1.807, 2.05) is 0 Å². The molecule has 0 heterocycles. The van der Waals surface area contributed by atoms with E-state index in [4.69, 9.17) is 4.74 Å². The molecule has 0 bridgehead atoms. The van der Waals surface area contributed by atoms with Gasteiger partial charge in [0.25, 0.3) is 5.69 Å². The zero-order valence-electron chi connectivity index (χ0n) is 15.3. The zero-order valence-corrected chi connectivity index (χ0v) is 16.8. The van der Waals surface area contributed by atoms with Crippen molar-refractivity contribution in [2.45, 2.75) is 6.61 Å². The summed E-state index contributed by atoms with van der Waals surface area (Å²) in [5, 5.41) is 11.8. The van der Waals surface area contributed by atoms with Crippen LogP contribution < -0.4 is 0 Å². The summed E-state index contributed by atoms with van der Waals surface area (Å²) < 4.78 is 6.07. The number of halogens is 1. The van der Waals surface area contributed by atoms with Gasteiger partial charge >= 0.3 is 5.97 Å². The van der Waals surface area contributed by atoms with Crippen molar-refractivity contribution < 1.29 is 24.0 Å². The Morgan fingerprint density at radius 3 is 2.17 bits per heavy atom. The lowest BCUT2D eigenvalue weighted by Gasteiger charge is -2.18. The van der Waals surface area contributed by atoms with E-state index >= 15 is 0 Å². The number of nitro benzene ring substituents is 1. The van der Waals surface area contributed by atoms with Crippen LogP contribution in [-0.2, 0) is 11.3 Å². The molecular weight excluding hydrogens is 454 g/mol. The second-order valence-electron chi connectivity index (χ2n) is 6.55. The number of nitro groups is 1. The Hall–Kier alpha value is -3.65. The number of ether oxygens (including phenoxy) is 1. The maximum atomic E-state index is 13.0. The predicted molar refractivity (Wildman–Crippen MR) is 110 cm³/mol. The number of nitrogens with zero attached hydrogens (tertiary/aromatic N) is 1. The fourth-order valence-corrected chi connectivity index (χ4v) is 3.60. The first-order valence-corrected chi connectivity index (χ1v) is 9.59.